The zero-order chi connectivity index (χ0) is 13.6. The molecule has 0 unspecified atom stereocenters. The number of rotatable bonds is 6. The Hall–Kier alpha value is -1.31. The standard InChI is InChI=1S/C13H20.C3H6O2/c1-2-3-4-5-7-10-13-11-8-6-9-12-13;1-3(4)5-2/h6,8-9,11-12H,2-5,7,10H2,1H3;1-2H3. The Kier molecular flexibility index (Phi) is 11.3. The molecule has 0 N–H and O–H groups in total. The van der Waals surface area contributed by atoms with Gasteiger partial charge in [-0.1, -0.05) is 62.9 Å². The van der Waals surface area contributed by atoms with Gasteiger partial charge in [-0.15, -0.1) is 0 Å². The maximum atomic E-state index is 9.59. The minimum atomic E-state index is -0.245. The Bertz CT molecular complexity index is 293. The highest BCUT2D eigenvalue weighted by atomic mass is 16.5. The molecule has 0 heterocycles. The van der Waals surface area contributed by atoms with E-state index in [2.05, 4.69) is 42.0 Å². The zero-order valence-electron chi connectivity index (χ0n) is 11.9. The molecule has 1 aromatic carbocycles. The summed E-state index contributed by atoms with van der Waals surface area (Å²) >= 11 is 0. The van der Waals surface area contributed by atoms with Crippen molar-refractivity contribution < 1.29 is 9.53 Å². The molecule has 0 bridgehead atoms. The molecule has 0 aromatic heterocycles. The largest absolute Gasteiger partial charge is 0.469 e. The van der Waals surface area contributed by atoms with Crippen LogP contribution in [-0.2, 0) is 16.0 Å². The lowest BCUT2D eigenvalue weighted by Crippen LogP contribution is -1.88. The van der Waals surface area contributed by atoms with Crippen molar-refractivity contribution in [3.05, 3.63) is 35.9 Å². The van der Waals surface area contributed by atoms with Crippen LogP contribution in [0.25, 0.3) is 0 Å². The predicted octanol–water partition coefficient (Wildman–Crippen LogP) is 4.38. The van der Waals surface area contributed by atoms with Gasteiger partial charge in [-0.05, 0) is 18.4 Å². The van der Waals surface area contributed by atoms with Crippen molar-refractivity contribution in [2.24, 2.45) is 0 Å². The fraction of sp³-hybridized carbons (Fsp3) is 0.562. The molecule has 0 fully saturated rings. The van der Waals surface area contributed by atoms with Gasteiger partial charge in [-0.3, -0.25) is 4.79 Å². The van der Waals surface area contributed by atoms with Crippen molar-refractivity contribution in [1.82, 2.24) is 0 Å². The van der Waals surface area contributed by atoms with Crippen LogP contribution in [-0.4, -0.2) is 13.1 Å². The summed E-state index contributed by atoms with van der Waals surface area (Å²) in [6, 6.07) is 10.8. The molecule has 0 saturated heterocycles. The van der Waals surface area contributed by atoms with Crippen LogP contribution in [0.2, 0.25) is 0 Å². The van der Waals surface area contributed by atoms with Crippen LogP contribution in [0.15, 0.2) is 30.3 Å². The van der Waals surface area contributed by atoms with Crippen molar-refractivity contribution in [2.45, 2.75) is 52.4 Å². The number of carbonyl (C=O) groups is 1. The van der Waals surface area contributed by atoms with Gasteiger partial charge >= 0.3 is 5.97 Å². The molecule has 0 aliphatic heterocycles. The molecule has 2 nitrogen and oxygen atoms in total. The topological polar surface area (TPSA) is 26.3 Å². The molecule has 0 spiro atoms. The highest BCUT2D eigenvalue weighted by molar-refractivity contribution is 5.65. The summed E-state index contributed by atoms with van der Waals surface area (Å²) in [5.74, 6) is -0.245. The first-order valence-electron chi connectivity index (χ1n) is 6.79. The smallest absolute Gasteiger partial charge is 0.302 e. The molecule has 102 valence electrons. The molecule has 0 atom stereocenters. The Morgan fingerprint density at radius 1 is 1.06 bits per heavy atom. The summed E-state index contributed by atoms with van der Waals surface area (Å²) in [7, 11) is 1.35. The lowest BCUT2D eigenvalue weighted by molar-refractivity contribution is -0.137. The second kappa shape index (κ2) is 12.2. The van der Waals surface area contributed by atoms with Gasteiger partial charge in [-0.25, -0.2) is 0 Å². The summed E-state index contributed by atoms with van der Waals surface area (Å²) in [5, 5.41) is 0. The lowest BCUT2D eigenvalue weighted by Gasteiger charge is -2.00. The van der Waals surface area contributed by atoms with Crippen LogP contribution in [0.1, 0.15) is 51.5 Å². The summed E-state index contributed by atoms with van der Waals surface area (Å²) < 4.78 is 4.11. The van der Waals surface area contributed by atoms with Crippen LogP contribution in [0.3, 0.4) is 0 Å². The fourth-order valence-corrected chi connectivity index (χ4v) is 1.58. The normalized spacial score (nSPS) is 9.28. The van der Waals surface area contributed by atoms with Crippen molar-refractivity contribution >= 4 is 5.97 Å². The van der Waals surface area contributed by atoms with E-state index in [1.54, 1.807) is 0 Å². The third-order valence-electron chi connectivity index (χ3n) is 2.70. The first kappa shape index (κ1) is 16.7. The third kappa shape index (κ3) is 11.2. The molecular weight excluding hydrogens is 224 g/mol. The molecular formula is C16H26O2. The van der Waals surface area contributed by atoms with E-state index >= 15 is 0 Å². The van der Waals surface area contributed by atoms with E-state index < -0.39 is 0 Å². The molecule has 0 amide bonds. The number of unbranched alkanes of at least 4 members (excludes halogenated alkanes) is 4. The monoisotopic (exact) mass is 250 g/mol. The summed E-state index contributed by atoms with van der Waals surface area (Å²) in [6.45, 7) is 3.62. The molecule has 0 saturated carbocycles. The van der Waals surface area contributed by atoms with Crippen LogP contribution in [0.4, 0.5) is 0 Å². The third-order valence-corrected chi connectivity index (χ3v) is 2.70. The zero-order valence-corrected chi connectivity index (χ0v) is 11.9. The van der Waals surface area contributed by atoms with Crippen molar-refractivity contribution in [3.63, 3.8) is 0 Å². The highest BCUT2D eigenvalue weighted by Gasteiger charge is 1.91. The predicted molar refractivity (Wildman–Crippen MR) is 76.6 cm³/mol. The van der Waals surface area contributed by atoms with E-state index in [1.807, 2.05) is 0 Å². The Morgan fingerprint density at radius 3 is 2.11 bits per heavy atom. The van der Waals surface area contributed by atoms with Crippen LogP contribution in [0, 0.1) is 0 Å². The van der Waals surface area contributed by atoms with Crippen molar-refractivity contribution in [1.29, 1.82) is 0 Å². The molecule has 1 aromatic rings. The molecule has 1 rings (SSSR count). The van der Waals surface area contributed by atoms with E-state index in [0.29, 0.717) is 0 Å². The minimum absolute atomic E-state index is 0.245. The van der Waals surface area contributed by atoms with E-state index in [0.717, 1.165) is 0 Å². The highest BCUT2D eigenvalue weighted by Crippen LogP contribution is 2.08. The van der Waals surface area contributed by atoms with Crippen LogP contribution >= 0.6 is 0 Å². The lowest BCUT2D eigenvalue weighted by atomic mass is 10.1. The average Bonchev–Trinajstić information content (AvgIpc) is 2.40. The fourth-order valence-electron chi connectivity index (χ4n) is 1.58. The number of benzene rings is 1. The van der Waals surface area contributed by atoms with E-state index in [9.17, 15) is 4.79 Å². The first-order valence-corrected chi connectivity index (χ1v) is 6.79. The second-order valence-electron chi connectivity index (χ2n) is 4.35. The molecule has 0 aliphatic carbocycles. The quantitative estimate of drug-likeness (QED) is 0.553. The number of hydrogen-bond donors (Lipinski definition) is 0. The van der Waals surface area contributed by atoms with Gasteiger partial charge in [0, 0.05) is 6.92 Å². The number of aryl methyl sites for hydroxylation is 1. The van der Waals surface area contributed by atoms with Gasteiger partial charge in [0.25, 0.3) is 0 Å². The molecule has 18 heavy (non-hydrogen) atoms. The molecule has 0 radical (unpaired) electrons. The van der Waals surface area contributed by atoms with E-state index in [4.69, 9.17) is 0 Å². The average molecular weight is 250 g/mol. The Balaban J connectivity index is 0.000000494. The Labute approximate surface area is 111 Å². The molecule has 2 heteroatoms. The second-order valence-corrected chi connectivity index (χ2v) is 4.35. The summed E-state index contributed by atoms with van der Waals surface area (Å²) in [6.07, 6.45) is 8.14. The minimum Gasteiger partial charge on any atom is -0.469 e. The summed E-state index contributed by atoms with van der Waals surface area (Å²) in [5.41, 5.74) is 1.49. The first-order chi connectivity index (χ1) is 8.70. The van der Waals surface area contributed by atoms with Crippen LogP contribution in [0.5, 0.6) is 0 Å². The van der Waals surface area contributed by atoms with Crippen LogP contribution < -0.4 is 0 Å². The Morgan fingerprint density at radius 2 is 1.61 bits per heavy atom. The maximum Gasteiger partial charge on any atom is 0.302 e. The van der Waals surface area contributed by atoms with Gasteiger partial charge in [0.15, 0.2) is 0 Å². The number of hydrogen-bond acceptors (Lipinski definition) is 2. The number of ether oxygens (including phenoxy) is 1. The van der Waals surface area contributed by atoms with E-state index in [-0.39, 0.29) is 5.97 Å². The van der Waals surface area contributed by atoms with Gasteiger partial charge in [-0.2, -0.15) is 0 Å². The van der Waals surface area contributed by atoms with E-state index in [1.165, 1.54) is 58.1 Å². The SMILES string of the molecule is CCCCCCCc1ccccc1.COC(C)=O. The van der Waals surface area contributed by atoms with Gasteiger partial charge in [0.2, 0.25) is 0 Å². The number of esters is 1. The van der Waals surface area contributed by atoms with Gasteiger partial charge < -0.3 is 4.74 Å². The number of carbonyl (C=O) groups excluding carboxylic acids is 1. The van der Waals surface area contributed by atoms with Crippen molar-refractivity contribution in [2.75, 3.05) is 7.11 Å². The van der Waals surface area contributed by atoms with Crippen molar-refractivity contribution in [3.8, 4) is 0 Å². The molecule has 0 aliphatic rings. The maximum absolute atomic E-state index is 9.59. The van der Waals surface area contributed by atoms with Gasteiger partial charge in [0.05, 0.1) is 7.11 Å². The van der Waals surface area contributed by atoms with Gasteiger partial charge in [0.1, 0.15) is 0 Å². The number of methoxy groups -OCH3 is 1. The summed E-state index contributed by atoms with van der Waals surface area (Å²) in [4.78, 5) is 9.59.